The van der Waals surface area contributed by atoms with E-state index in [1.165, 1.54) is 0 Å². The summed E-state index contributed by atoms with van der Waals surface area (Å²) in [6.45, 7) is 7.83. The van der Waals surface area contributed by atoms with Crippen LogP contribution in [0.1, 0.15) is 41.8 Å². The molecule has 94 valence electrons. The Kier molecular flexibility index (Phi) is 4.29. The Hall–Kier alpha value is -1.35. The van der Waals surface area contributed by atoms with Gasteiger partial charge in [-0.2, -0.15) is 0 Å². The summed E-state index contributed by atoms with van der Waals surface area (Å²) >= 11 is 0. The molecule has 0 bridgehead atoms. The highest BCUT2D eigenvalue weighted by Crippen LogP contribution is 2.15. The Bertz CT molecular complexity index is 411. The van der Waals surface area contributed by atoms with Gasteiger partial charge in [0.2, 0.25) is 0 Å². The summed E-state index contributed by atoms with van der Waals surface area (Å²) < 4.78 is 0. The average Bonchev–Trinajstić information content (AvgIpc) is 2.21. The predicted molar refractivity (Wildman–Crippen MR) is 69.2 cm³/mol. The number of carbonyl (C=O) groups is 1. The molecule has 1 rings (SSSR count). The lowest BCUT2D eigenvalue weighted by Crippen LogP contribution is -2.44. The molecule has 0 unspecified atom stereocenters. The Morgan fingerprint density at radius 2 is 2.00 bits per heavy atom. The zero-order chi connectivity index (χ0) is 13.1. The van der Waals surface area contributed by atoms with Gasteiger partial charge in [-0.25, -0.2) is 0 Å². The van der Waals surface area contributed by atoms with Gasteiger partial charge < -0.3 is 10.4 Å². The third kappa shape index (κ3) is 3.56. The molecule has 0 aliphatic carbocycles. The van der Waals surface area contributed by atoms with Crippen LogP contribution in [0.15, 0.2) is 18.2 Å². The van der Waals surface area contributed by atoms with E-state index in [1.807, 2.05) is 45.9 Å². The van der Waals surface area contributed by atoms with Gasteiger partial charge in [-0.15, -0.1) is 0 Å². The summed E-state index contributed by atoms with van der Waals surface area (Å²) in [5.74, 6) is -0.0790. The highest BCUT2D eigenvalue weighted by Gasteiger charge is 2.21. The third-order valence-corrected chi connectivity index (χ3v) is 3.04. The zero-order valence-corrected chi connectivity index (χ0v) is 11.0. The first kappa shape index (κ1) is 13.7. The van der Waals surface area contributed by atoms with E-state index in [0.717, 1.165) is 11.1 Å². The number of benzene rings is 1. The lowest BCUT2D eigenvalue weighted by molar-refractivity contribution is 0.0899. The van der Waals surface area contributed by atoms with Crippen molar-refractivity contribution in [2.24, 2.45) is 0 Å². The fraction of sp³-hybridized carbons (Fsp3) is 0.500. The van der Waals surface area contributed by atoms with E-state index in [9.17, 15) is 4.79 Å². The number of rotatable bonds is 4. The van der Waals surface area contributed by atoms with Gasteiger partial charge in [-0.3, -0.25) is 4.79 Å². The van der Waals surface area contributed by atoms with Crippen LogP contribution < -0.4 is 5.32 Å². The first-order valence-corrected chi connectivity index (χ1v) is 5.87. The van der Waals surface area contributed by atoms with Gasteiger partial charge in [0.25, 0.3) is 5.91 Å². The van der Waals surface area contributed by atoms with Crippen LogP contribution in [0.4, 0.5) is 0 Å². The molecule has 17 heavy (non-hydrogen) atoms. The number of hydrogen-bond donors (Lipinski definition) is 2. The molecule has 1 aromatic carbocycles. The molecule has 1 aromatic rings. The van der Waals surface area contributed by atoms with E-state index in [1.54, 1.807) is 0 Å². The Morgan fingerprint density at radius 1 is 1.35 bits per heavy atom. The number of aliphatic hydroxyl groups excluding tert-OH is 1. The summed E-state index contributed by atoms with van der Waals surface area (Å²) in [6, 6.07) is 5.70. The maximum Gasteiger partial charge on any atom is 0.251 e. The normalized spacial score (nSPS) is 11.4. The van der Waals surface area contributed by atoms with E-state index in [-0.39, 0.29) is 18.1 Å². The van der Waals surface area contributed by atoms with Crippen molar-refractivity contribution < 1.29 is 9.90 Å². The number of nitrogens with one attached hydrogen (secondary N) is 1. The molecule has 0 heterocycles. The van der Waals surface area contributed by atoms with Crippen molar-refractivity contribution in [1.29, 1.82) is 0 Å². The number of amides is 1. The molecule has 0 atom stereocenters. The third-order valence-electron chi connectivity index (χ3n) is 3.04. The van der Waals surface area contributed by atoms with E-state index < -0.39 is 0 Å². The SMILES string of the molecule is Cc1cccc(C(=O)NC(C)(C)CCO)c1C. The van der Waals surface area contributed by atoms with Crippen molar-refractivity contribution in [3.63, 3.8) is 0 Å². The van der Waals surface area contributed by atoms with Gasteiger partial charge in [-0.05, 0) is 51.3 Å². The number of aryl methyl sites for hydroxylation is 1. The van der Waals surface area contributed by atoms with Crippen LogP contribution in [-0.2, 0) is 0 Å². The molecule has 2 N–H and O–H groups in total. The monoisotopic (exact) mass is 235 g/mol. The highest BCUT2D eigenvalue weighted by atomic mass is 16.3. The Morgan fingerprint density at radius 3 is 2.59 bits per heavy atom. The second-order valence-corrected chi connectivity index (χ2v) is 5.06. The van der Waals surface area contributed by atoms with Crippen molar-refractivity contribution in [2.45, 2.75) is 39.7 Å². The minimum absolute atomic E-state index is 0.0695. The quantitative estimate of drug-likeness (QED) is 0.840. The number of hydrogen-bond acceptors (Lipinski definition) is 2. The second kappa shape index (κ2) is 5.32. The molecular weight excluding hydrogens is 214 g/mol. The van der Waals surface area contributed by atoms with Crippen LogP contribution in [0.25, 0.3) is 0 Å². The molecule has 3 nitrogen and oxygen atoms in total. The van der Waals surface area contributed by atoms with E-state index >= 15 is 0 Å². The zero-order valence-electron chi connectivity index (χ0n) is 11.0. The van der Waals surface area contributed by atoms with Gasteiger partial charge in [0.1, 0.15) is 0 Å². The first-order valence-electron chi connectivity index (χ1n) is 5.87. The van der Waals surface area contributed by atoms with Crippen LogP contribution in [0, 0.1) is 13.8 Å². The average molecular weight is 235 g/mol. The van der Waals surface area contributed by atoms with Crippen molar-refractivity contribution in [3.05, 3.63) is 34.9 Å². The van der Waals surface area contributed by atoms with Crippen molar-refractivity contribution in [3.8, 4) is 0 Å². The molecule has 1 amide bonds. The summed E-state index contributed by atoms with van der Waals surface area (Å²) in [6.07, 6.45) is 0.545. The predicted octanol–water partition coefficient (Wildman–Crippen LogP) is 2.19. The summed E-state index contributed by atoms with van der Waals surface area (Å²) in [4.78, 5) is 12.1. The fourth-order valence-corrected chi connectivity index (χ4v) is 1.71. The van der Waals surface area contributed by atoms with Crippen molar-refractivity contribution in [2.75, 3.05) is 6.61 Å². The van der Waals surface area contributed by atoms with Crippen LogP contribution in [0.5, 0.6) is 0 Å². The summed E-state index contributed by atoms with van der Waals surface area (Å²) in [5, 5.41) is 11.9. The van der Waals surface area contributed by atoms with Gasteiger partial charge in [0, 0.05) is 17.7 Å². The van der Waals surface area contributed by atoms with E-state index in [0.29, 0.717) is 12.0 Å². The maximum absolute atomic E-state index is 12.1. The molecular formula is C14H21NO2. The largest absolute Gasteiger partial charge is 0.396 e. The van der Waals surface area contributed by atoms with Gasteiger partial charge in [0.15, 0.2) is 0 Å². The summed E-state index contributed by atoms with van der Waals surface area (Å²) in [7, 11) is 0. The standard InChI is InChI=1S/C14H21NO2/c1-10-6-5-7-12(11(10)2)13(17)15-14(3,4)8-9-16/h5-7,16H,8-9H2,1-4H3,(H,15,17). The smallest absolute Gasteiger partial charge is 0.251 e. The molecule has 0 saturated heterocycles. The topological polar surface area (TPSA) is 49.3 Å². The molecule has 0 spiro atoms. The molecule has 0 saturated carbocycles. The van der Waals surface area contributed by atoms with Crippen LogP contribution in [-0.4, -0.2) is 23.2 Å². The van der Waals surface area contributed by atoms with Crippen molar-refractivity contribution in [1.82, 2.24) is 5.32 Å². The van der Waals surface area contributed by atoms with Gasteiger partial charge >= 0.3 is 0 Å². The maximum atomic E-state index is 12.1. The Labute approximate surface area is 103 Å². The van der Waals surface area contributed by atoms with Crippen LogP contribution >= 0.6 is 0 Å². The minimum Gasteiger partial charge on any atom is -0.396 e. The fourth-order valence-electron chi connectivity index (χ4n) is 1.71. The molecule has 0 aliphatic rings. The second-order valence-electron chi connectivity index (χ2n) is 5.06. The molecule has 0 aliphatic heterocycles. The number of aliphatic hydroxyl groups is 1. The summed E-state index contributed by atoms with van der Waals surface area (Å²) in [5.41, 5.74) is 2.43. The highest BCUT2D eigenvalue weighted by molar-refractivity contribution is 5.96. The molecule has 0 aromatic heterocycles. The van der Waals surface area contributed by atoms with Crippen LogP contribution in [0.3, 0.4) is 0 Å². The lowest BCUT2D eigenvalue weighted by atomic mass is 9.98. The van der Waals surface area contributed by atoms with Crippen LogP contribution in [0.2, 0.25) is 0 Å². The first-order chi connectivity index (χ1) is 7.87. The van der Waals surface area contributed by atoms with E-state index in [4.69, 9.17) is 5.11 Å². The molecule has 0 fully saturated rings. The molecule has 3 heteroatoms. The van der Waals surface area contributed by atoms with Gasteiger partial charge in [0.05, 0.1) is 0 Å². The van der Waals surface area contributed by atoms with Gasteiger partial charge in [-0.1, -0.05) is 12.1 Å². The van der Waals surface area contributed by atoms with Crippen molar-refractivity contribution >= 4 is 5.91 Å². The van der Waals surface area contributed by atoms with E-state index in [2.05, 4.69) is 5.32 Å². The molecule has 0 radical (unpaired) electrons. The Balaban J connectivity index is 2.87. The number of carbonyl (C=O) groups excluding carboxylic acids is 1. The minimum atomic E-state index is -0.387. The lowest BCUT2D eigenvalue weighted by Gasteiger charge is -2.25.